The Bertz CT molecular complexity index is 856. The summed E-state index contributed by atoms with van der Waals surface area (Å²) >= 11 is 0. The minimum atomic E-state index is -1.44. The van der Waals surface area contributed by atoms with Gasteiger partial charge in [-0.15, -0.1) is 0 Å². The van der Waals surface area contributed by atoms with E-state index in [1.807, 2.05) is 18.2 Å². The number of fused-ring (bicyclic) bond motifs is 3. The largest absolute Gasteiger partial charge is 0.488 e. The summed E-state index contributed by atoms with van der Waals surface area (Å²) in [4.78, 5) is 0. The molecule has 3 aromatic rings. The molecule has 0 atom stereocenters. The minimum absolute atomic E-state index is 0.519. The highest BCUT2D eigenvalue weighted by Gasteiger charge is 2.21. The van der Waals surface area contributed by atoms with Gasteiger partial charge in [-0.3, -0.25) is 0 Å². The Labute approximate surface area is 129 Å². The van der Waals surface area contributed by atoms with E-state index in [4.69, 9.17) is 0 Å². The third-order valence-corrected chi connectivity index (χ3v) is 4.35. The van der Waals surface area contributed by atoms with Crippen molar-refractivity contribution in [3.63, 3.8) is 0 Å². The molecule has 106 valence electrons. The molecule has 2 N–H and O–H groups in total. The fourth-order valence-corrected chi connectivity index (χ4v) is 3.29. The van der Waals surface area contributed by atoms with E-state index in [1.165, 1.54) is 22.3 Å². The second kappa shape index (κ2) is 5.13. The molecule has 0 saturated heterocycles. The highest BCUT2D eigenvalue weighted by molar-refractivity contribution is 6.58. The summed E-state index contributed by atoms with van der Waals surface area (Å²) in [5.74, 6) is 0. The molecular formula is C19H15BO2. The maximum atomic E-state index is 9.39. The Morgan fingerprint density at radius 1 is 0.727 bits per heavy atom. The number of hydrogen-bond acceptors (Lipinski definition) is 2. The second-order valence-corrected chi connectivity index (χ2v) is 5.66. The Morgan fingerprint density at radius 3 is 2.32 bits per heavy atom. The molecule has 2 nitrogen and oxygen atoms in total. The molecule has 22 heavy (non-hydrogen) atoms. The van der Waals surface area contributed by atoms with Gasteiger partial charge in [-0.05, 0) is 45.3 Å². The van der Waals surface area contributed by atoms with E-state index in [1.54, 1.807) is 6.07 Å². The zero-order valence-corrected chi connectivity index (χ0v) is 12.0. The van der Waals surface area contributed by atoms with Crippen molar-refractivity contribution in [2.75, 3.05) is 0 Å². The second-order valence-electron chi connectivity index (χ2n) is 5.66. The summed E-state index contributed by atoms with van der Waals surface area (Å²) < 4.78 is 0. The molecule has 4 rings (SSSR count). The van der Waals surface area contributed by atoms with Gasteiger partial charge in [-0.1, -0.05) is 66.7 Å². The zero-order chi connectivity index (χ0) is 15.1. The first-order valence-corrected chi connectivity index (χ1v) is 7.40. The molecule has 0 saturated carbocycles. The summed E-state index contributed by atoms with van der Waals surface area (Å²) in [6.45, 7) is 0. The summed E-state index contributed by atoms with van der Waals surface area (Å²) in [5.41, 5.74) is 7.95. The first kappa shape index (κ1) is 13.3. The van der Waals surface area contributed by atoms with Crippen molar-refractivity contribution in [1.29, 1.82) is 0 Å². The molecule has 3 aromatic carbocycles. The van der Waals surface area contributed by atoms with Gasteiger partial charge in [-0.25, -0.2) is 0 Å². The summed E-state index contributed by atoms with van der Waals surface area (Å²) in [6, 6.07) is 22.3. The molecule has 1 aliphatic carbocycles. The lowest BCUT2D eigenvalue weighted by Crippen LogP contribution is -2.29. The van der Waals surface area contributed by atoms with E-state index in [2.05, 4.69) is 42.5 Å². The van der Waals surface area contributed by atoms with E-state index in [0.29, 0.717) is 5.46 Å². The van der Waals surface area contributed by atoms with Crippen molar-refractivity contribution in [3.05, 3.63) is 77.9 Å². The number of rotatable bonds is 2. The van der Waals surface area contributed by atoms with Crippen LogP contribution in [0.4, 0.5) is 0 Å². The number of benzene rings is 3. The quantitative estimate of drug-likeness (QED) is 0.556. The lowest BCUT2D eigenvalue weighted by atomic mass is 9.79. The van der Waals surface area contributed by atoms with Gasteiger partial charge in [0.2, 0.25) is 0 Å². The molecule has 0 aliphatic heterocycles. The first-order valence-electron chi connectivity index (χ1n) is 7.40. The smallest absolute Gasteiger partial charge is 0.423 e. The molecule has 0 amide bonds. The topological polar surface area (TPSA) is 40.5 Å². The van der Waals surface area contributed by atoms with Crippen LogP contribution >= 0.6 is 0 Å². The minimum Gasteiger partial charge on any atom is -0.423 e. The van der Waals surface area contributed by atoms with Crippen LogP contribution in [0.25, 0.3) is 22.3 Å². The third-order valence-electron chi connectivity index (χ3n) is 4.35. The van der Waals surface area contributed by atoms with Crippen molar-refractivity contribution in [3.8, 4) is 22.3 Å². The Morgan fingerprint density at radius 2 is 1.45 bits per heavy atom. The normalized spacial score (nSPS) is 11.9. The maximum Gasteiger partial charge on any atom is 0.488 e. The van der Waals surface area contributed by atoms with Crippen LogP contribution in [0.3, 0.4) is 0 Å². The Hall–Kier alpha value is -2.36. The fourth-order valence-electron chi connectivity index (χ4n) is 3.29. The van der Waals surface area contributed by atoms with E-state index in [-0.39, 0.29) is 0 Å². The predicted octanol–water partition coefficient (Wildman–Crippen LogP) is 2.60. The Balaban J connectivity index is 1.88. The van der Waals surface area contributed by atoms with Crippen molar-refractivity contribution in [2.45, 2.75) is 6.42 Å². The molecule has 3 heteroatoms. The van der Waals surface area contributed by atoms with Crippen LogP contribution in [0.2, 0.25) is 0 Å². The average Bonchev–Trinajstić information content (AvgIpc) is 2.93. The van der Waals surface area contributed by atoms with E-state index in [9.17, 15) is 10.0 Å². The van der Waals surface area contributed by atoms with Crippen LogP contribution in [0.1, 0.15) is 11.1 Å². The van der Waals surface area contributed by atoms with Crippen LogP contribution in [-0.4, -0.2) is 17.2 Å². The van der Waals surface area contributed by atoms with Crippen molar-refractivity contribution in [1.82, 2.24) is 0 Å². The van der Waals surface area contributed by atoms with E-state index < -0.39 is 7.12 Å². The predicted molar refractivity (Wildman–Crippen MR) is 89.9 cm³/mol. The van der Waals surface area contributed by atoms with Crippen LogP contribution in [0, 0.1) is 0 Å². The van der Waals surface area contributed by atoms with Gasteiger partial charge in [-0.2, -0.15) is 0 Å². The van der Waals surface area contributed by atoms with Gasteiger partial charge < -0.3 is 10.0 Å². The highest BCUT2D eigenvalue weighted by atomic mass is 16.4. The van der Waals surface area contributed by atoms with Crippen molar-refractivity contribution in [2.24, 2.45) is 0 Å². The molecule has 0 unspecified atom stereocenters. The Kier molecular flexibility index (Phi) is 3.10. The fraction of sp³-hybridized carbons (Fsp3) is 0.0526. The first-order chi connectivity index (χ1) is 10.7. The standard InChI is InChI=1S/C19H15BO2/c21-20(22)15-7-3-6-13(11-15)17-9-4-10-18-16-8-2-1-5-14(16)12-19(17)18/h1-11,21-22H,12H2. The maximum absolute atomic E-state index is 9.39. The molecular weight excluding hydrogens is 271 g/mol. The van der Waals surface area contributed by atoms with Gasteiger partial charge >= 0.3 is 7.12 Å². The molecule has 0 aromatic heterocycles. The monoisotopic (exact) mass is 286 g/mol. The lowest BCUT2D eigenvalue weighted by molar-refractivity contribution is 0.426. The number of hydrogen-bond donors (Lipinski definition) is 2. The van der Waals surface area contributed by atoms with Crippen LogP contribution in [0.5, 0.6) is 0 Å². The summed E-state index contributed by atoms with van der Waals surface area (Å²) in [7, 11) is -1.44. The van der Waals surface area contributed by atoms with Gasteiger partial charge in [0.1, 0.15) is 0 Å². The van der Waals surface area contributed by atoms with E-state index >= 15 is 0 Å². The zero-order valence-electron chi connectivity index (χ0n) is 12.0. The average molecular weight is 286 g/mol. The third kappa shape index (κ3) is 2.07. The van der Waals surface area contributed by atoms with Gasteiger partial charge in [0.05, 0.1) is 0 Å². The molecule has 0 bridgehead atoms. The highest BCUT2D eigenvalue weighted by Crippen LogP contribution is 2.41. The van der Waals surface area contributed by atoms with Gasteiger partial charge in [0.15, 0.2) is 0 Å². The molecule has 1 aliphatic rings. The van der Waals surface area contributed by atoms with Crippen molar-refractivity contribution >= 4 is 12.6 Å². The van der Waals surface area contributed by atoms with Gasteiger partial charge in [0, 0.05) is 0 Å². The van der Waals surface area contributed by atoms with Crippen LogP contribution in [0.15, 0.2) is 66.7 Å². The van der Waals surface area contributed by atoms with E-state index in [0.717, 1.165) is 17.5 Å². The molecule has 0 heterocycles. The van der Waals surface area contributed by atoms with Crippen LogP contribution in [-0.2, 0) is 6.42 Å². The summed E-state index contributed by atoms with van der Waals surface area (Å²) in [6.07, 6.45) is 0.924. The molecule has 0 fully saturated rings. The van der Waals surface area contributed by atoms with Crippen molar-refractivity contribution < 1.29 is 10.0 Å². The SMILES string of the molecule is OB(O)c1cccc(-c2cccc3c2Cc2ccccc2-3)c1. The summed E-state index contributed by atoms with van der Waals surface area (Å²) in [5, 5.41) is 18.8. The van der Waals surface area contributed by atoms with Gasteiger partial charge in [0.25, 0.3) is 0 Å². The molecule has 0 spiro atoms. The lowest BCUT2D eigenvalue weighted by Gasteiger charge is -2.10. The molecule has 0 radical (unpaired) electrons. The van der Waals surface area contributed by atoms with Crippen LogP contribution < -0.4 is 5.46 Å².